The summed E-state index contributed by atoms with van der Waals surface area (Å²) in [5, 5.41) is 5.78. The van der Waals surface area contributed by atoms with E-state index in [2.05, 4.69) is 22.2 Å². The predicted octanol–water partition coefficient (Wildman–Crippen LogP) is -0.566. The standard InChI is InChI=1S/C16H18N4O2.ClH/c1-2-10-22-16(21)19-13-8-9-14(20-15(13)17)18-11-12-6-4-3-5-7-12;/h2-9H,1,10-11H2,(H,19,21)(H3,17,18,20);1H. The molecule has 1 heterocycles. The molecule has 1 aromatic carbocycles. The number of hydrogen-bond acceptors (Lipinski definition) is 4. The minimum Gasteiger partial charge on any atom is -1.00 e. The molecule has 0 saturated heterocycles. The molecule has 2 rings (SSSR count). The van der Waals surface area contributed by atoms with Crippen LogP contribution in [-0.2, 0) is 11.3 Å². The molecule has 0 unspecified atom stereocenters. The first kappa shape index (κ1) is 18.3. The van der Waals surface area contributed by atoms with Crippen LogP contribution in [0, 0.1) is 0 Å². The monoisotopic (exact) mass is 334 g/mol. The van der Waals surface area contributed by atoms with E-state index in [1.807, 2.05) is 30.3 Å². The lowest BCUT2D eigenvalue weighted by atomic mass is 10.2. The molecule has 6 nitrogen and oxygen atoms in total. The van der Waals surface area contributed by atoms with Crippen molar-refractivity contribution in [1.29, 1.82) is 0 Å². The van der Waals surface area contributed by atoms with Crippen LogP contribution in [0.15, 0.2) is 55.1 Å². The lowest BCUT2D eigenvalue weighted by Crippen LogP contribution is -3.00. The van der Waals surface area contributed by atoms with Crippen LogP contribution >= 0.6 is 0 Å². The van der Waals surface area contributed by atoms with Crippen LogP contribution in [0.1, 0.15) is 5.56 Å². The van der Waals surface area contributed by atoms with Crippen molar-refractivity contribution in [2.75, 3.05) is 23.0 Å². The summed E-state index contributed by atoms with van der Waals surface area (Å²) >= 11 is 0. The van der Waals surface area contributed by atoms with Gasteiger partial charge in [0.1, 0.15) is 12.3 Å². The largest absolute Gasteiger partial charge is 1.00 e. The highest BCUT2D eigenvalue weighted by Gasteiger charge is 2.10. The molecule has 7 heteroatoms. The Morgan fingerprint density at radius 3 is 2.65 bits per heavy atom. The summed E-state index contributed by atoms with van der Waals surface area (Å²) < 4.78 is 4.83. The molecule has 1 amide bonds. The molecule has 0 aliphatic heterocycles. The Labute approximate surface area is 141 Å². The molecule has 0 fully saturated rings. The number of nitrogen functional groups attached to an aromatic ring is 1. The van der Waals surface area contributed by atoms with Crippen molar-refractivity contribution in [3.05, 3.63) is 60.7 Å². The van der Waals surface area contributed by atoms with E-state index in [0.29, 0.717) is 18.1 Å². The van der Waals surface area contributed by atoms with Crippen LogP contribution in [0.25, 0.3) is 0 Å². The van der Waals surface area contributed by atoms with Gasteiger partial charge in [0, 0.05) is 6.07 Å². The van der Waals surface area contributed by atoms with E-state index in [1.54, 1.807) is 12.1 Å². The first-order chi connectivity index (χ1) is 10.7. The van der Waals surface area contributed by atoms with E-state index in [0.717, 1.165) is 11.4 Å². The number of aromatic amines is 1. The molecule has 0 bridgehead atoms. The number of pyridine rings is 1. The Morgan fingerprint density at radius 1 is 1.26 bits per heavy atom. The average molecular weight is 335 g/mol. The predicted molar refractivity (Wildman–Crippen MR) is 86.3 cm³/mol. The van der Waals surface area contributed by atoms with Gasteiger partial charge < -0.3 is 28.2 Å². The number of H-pyrrole nitrogens is 1. The van der Waals surface area contributed by atoms with Gasteiger partial charge in [-0.3, -0.25) is 5.32 Å². The number of amides is 1. The number of nitrogens with two attached hydrogens (primary N) is 1. The molecule has 2 aromatic rings. The second kappa shape index (κ2) is 9.32. The van der Waals surface area contributed by atoms with Gasteiger partial charge in [-0.25, -0.2) is 9.78 Å². The Morgan fingerprint density at radius 2 is 2.00 bits per heavy atom. The molecule has 1 aromatic heterocycles. The first-order valence-corrected chi connectivity index (χ1v) is 6.83. The Bertz CT molecular complexity index is 650. The van der Waals surface area contributed by atoms with Gasteiger partial charge in [-0.15, -0.1) is 0 Å². The fourth-order valence-corrected chi connectivity index (χ4v) is 1.80. The zero-order valence-electron chi connectivity index (χ0n) is 12.5. The minimum absolute atomic E-state index is 0. The maximum atomic E-state index is 11.5. The SMILES string of the molecule is C=CCOC(=O)Nc1ccc(NCc2ccccc2)[nH+]c1N.[Cl-]. The zero-order valence-corrected chi connectivity index (χ0v) is 13.3. The lowest BCUT2D eigenvalue weighted by Gasteiger charge is -2.07. The molecule has 0 saturated carbocycles. The van der Waals surface area contributed by atoms with Gasteiger partial charge in [0.2, 0.25) is 11.6 Å². The molecule has 0 radical (unpaired) electrons. The number of ether oxygens (including phenoxy) is 1. The number of rotatable bonds is 6. The number of benzene rings is 1. The van der Waals surface area contributed by atoms with Gasteiger partial charge in [-0.1, -0.05) is 43.0 Å². The van der Waals surface area contributed by atoms with Crippen molar-refractivity contribution < 1.29 is 26.9 Å². The molecule has 122 valence electrons. The molecular weight excluding hydrogens is 316 g/mol. The fourth-order valence-electron chi connectivity index (χ4n) is 1.80. The van der Waals surface area contributed by atoms with Crippen LogP contribution in [-0.4, -0.2) is 12.7 Å². The number of anilines is 3. The van der Waals surface area contributed by atoms with Crippen LogP contribution < -0.4 is 33.8 Å². The molecule has 5 N–H and O–H groups in total. The summed E-state index contributed by atoms with van der Waals surface area (Å²) in [6, 6.07) is 13.5. The third-order valence-electron chi connectivity index (χ3n) is 2.87. The fraction of sp³-hybridized carbons (Fsp3) is 0.125. The van der Waals surface area contributed by atoms with Crippen molar-refractivity contribution in [3.8, 4) is 0 Å². The second-order valence-electron chi connectivity index (χ2n) is 4.55. The molecule has 23 heavy (non-hydrogen) atoms. The van der Waals surface area contributed by atoms with Crippen molar-refractivity contribution in [2.45, 2.75) is 6.54 Å². The number of aromatic nitrogens is 1. The molecule has 0 spiro atoms. The van der Waals surface area contributed by atoms with Gasteiger partial charge >= 0.3 is 6.09 Å². The van der Waals surface area contributed by atoms with E-state index in [-0.39, 0.29) is 19.0 Å². The molecule has 0 aliphatic rings. The van der Waals surface area contributed by atoms with E-state index < -0.39 is 6.09 Å². The zero-order chi connectivity index (χ0) is 15.8. The number of nitrogens with one attached hydrogen (secondary N) is 3. The quantitative estimate of drug-likeness (QED) is 0.617. The molecule has 0 aliphatic carbocycles. The number of carbonyl (C=O) groups is 1. The summed E-state index contributed by atoms with van der Waals surface area (Å²) in [5.41, 5.74) is 7.50. The van der Waals surface area contributed by atoms with Gasteiger partial charge in [0.25, 0.3) is 0 Å². The number of carbonyl (C=O) groups excluding carboxylic acids is 1. The summed E-state index contributed by atoms with van der Waals surface area (Å²) in [6.07, 6.45) is 0.913. The van der Waals surface area contributed by atoms with Crippen molar-refractivity contribution >= 4 is 23.4 Å². The van der Waals surface area contributed by atoms with Gasteiger partial charge in [0.05, 0.1) is 6.54 Å². The van der Waals surface area contributed by atoms with E-state index in [9.17, 15) is 4.79 Å². The summed E-state index contributed by atoms with van der Waals surface area (Å²) in [7, 11) is 0. The maximum Gasteiger partial charge on any atom is 0.412 e. The summed E-state index contributed by atoms with van der Waals surface area (Å²) in [5.74, 6) is 1.10. The number of hydrogen-bond donors (Lipinski definition) is 3. The highest BCUT2D eigenvalue weighted by molar-refractivity contribution is 5.87. The van der Waals surface area contributed by atoms with Gasteiger partial charge in [-0.2, -0.15) is 0 Å². The van der Waals surface area contributed by atoms with Crippen LogP contribution in [0.5, 0.6) is 0 Å². The Kier molecular flexibility index (Phi) is 7.42. The summed E-state index contributed by atoms with van der Waals surface area (Å²) in [6.45, 7) is 4.29. The van der Waals surface area contributed by atoms with Crippen LogP contribution in [0.2, 0.25) is 0 Å². The Hall–Kier alpha value is -2.73. The van der Waals surface area contributed by atoms with Crippen molar-refractivity contribution in [1.82, 2.24) is 0 Å². The second-order valence-corrected chi connectivity index (χ2v) is 4.55. The van der Waals surface area contributed by atoms with E-state index in [1.165, 1.54) is 6.08 Å². The highest BCUT2D eigenvalue weighted by atomic mass is 35.5. The van der Waals surface area contributed by atoms with Crippen LogP contribution in [0.4, 0.5) is 22.1 Å². The lowest BCUT2D eigenvalue weighted by molar-refractivity contribution is -0.342. The smallest absolute Gasteiger partial charge is 0.412 e. The average Bonchev–Trinajstić information content (AvgIpc) is 2.54. The Balaban J connectivity index is 0.00000264. The maximum absolute atomic E-state index is 11.5. The van der Waals surface area contributed by atoms with Gasteiger partial charge in [0.15, 0.2) is 0 Å². The summed E-state index contributed by atoms with van der Waals surface area (Å²) in [4.78, 5) is 14.4. The normalized spacial score (nSPS) is 9.39. The molecule has 0 atom stereocenters. The minimum atomic E-state index is -0.579. The molecular formula is C16H19ClN4O2. The first-order valence-electron chi connectivity index (χ1n) is 6.83. The third-order valence-corrected chi connectivity index (χ3v) is 2.87. The van der Waals surface area contributed by atoms with Crippen LogP contribution in [0.3, 0.4) is 0 Å². The topological polar surface area (TPSA) is 90.5 Å². The third kappa shape index (κ3) is 5.88. The van der Waals surface area contributed by atoms with Gasteiger partial charge in [-0.05, 0) is 11.6 Å². The number of halogens is 1. The highest BCUT2D eigenvalue weighted by Crippen LogP contribution is 2.15. The van der Waals surface area contributed by atoms with E-state index in [4.69, 9.17) is 10.5 Å². The van der Waals surface area contributed by atoms with E-state index >= 15 is 0 Å². The van der Waals surface area contributed by atoms with Crippen molar-refractivity contribution in [3.63, 3.8) is 0 Å². The van der Waals surface area contributed by atoms with Crippen molar-refractivity contribution in [2.24, 2.45) is 0 Å².